The van der Waals surface area contributed by atoms with Gasteiger partial charge >= 0.3 is 0 Å². The van der Waals surface area contributed by atoms with Crippen LogP contribution < -0.4 is 10.6 Å². The van der Waals surface area contributed by atoms with Crippen molar-refractivity contribution in [3.63, 3.8) is 0 Å². The average Bonchev–Trinajstić information content (AvgIpc) is 3.06. The number of nitrogens with zero attached hydrogens (tertiary/aromatic N) is 2. The summed E-state index contributed by atoms with van der Waals surface area (Å²) in [4.78, 5) is 4.78. The SMILES string of the molecule is CCNC(=NCc1c(CC)noc1CC)NCC1(SC)CCOCC1.I. The molecule has 6 nitrogen and oxygen atoms in total. The first-order chi connectivity index (χ1) is 12.2. The van der Waals surface area contributed by atoms with E-state index in [2.05, 4.69) is 42.8 Å². The smallest absolute Gasteiger partial charge is 0.191 e. The summed E-state index contributed by atoms with van der Waals surface area (Å²) >= 11 is 1.93. The Balaban J connectivity index is 0.00000338. The molecular weight excluding hydrogens is 463 g/mol. The summed E-state index contributed by atoms with van der Waals surface area (Å²) in [6.07, 6.45) is 6.05. The van der Waals surface area contributed by atoms with Crippen molar-refractivity contribution < 1.29 is 9.26 Å². The van der Waals surface area contributed by atoms with Gasteiger partial charge in [0.25, 0.3) is 0 Å². The van der Waals surface area contributed by atoms with Gasteiger partial charge in [-0.25, -0.2) is 4.99 Å². The number of ether oxygens (including phenoxy) is 1. The number of guanidine groups is 1. The Bertz CT molecular complexity index is 538. The highest BCUT2D eigenvalue weighted by Gasteiger charge is 2.31. The van der Waals surface area contributed by atoms with Gasteiger partial charge in [0.15, 0.2) is 5.96 Å². The molecule has 0 saturated carbocycles. The largest absolute Gasteiger partial charge is 0.381 e. The molecule has 0 unspecified atom stereocenters. The molecule has 0 aliphatic carbocycles. The van der Waals surface area contributed by atoms with Gasteiger partial charge < -0.3 is 19.9 Å². The van der Waals surface area contributed by atoms with E-state index in [1.807, 2.05) is 11.8 Å². The summed E-state index contributed by atoms with van der Waals surface area (Å²) in [5.74, 6) is 1.80. The van der Waals surface area contributed by atoms with Crippen molar-refractivity contribution in [2.24, 2.45) is 4.99 Å². The molecule has 0 bridgehead atoms. The number of hydrogen-bond acceptors (Lipinski definition) is 5. The fourth-order valence-corrected chi connectivity index (χ4v) is 3.85. The van der Waals surface area contributed by atoms with Crippen molar-refractivity contribution >= 4 is 41.7 Å². The minimum Gasteiger partial charge on any atom is -0.381 e. The van der Waals surface area contributed by atoms with E-state index < -0.39 is 0 Å². The minimum atomic E-state index is 0. The van der Waals surface area contributed by atoms with Crippen LogP contribution >= 0.6 is 35.7 Å². The topological polar surface area (TPSA) is 71.7 Å². The summed E-state index contributed by atoms with van der Waals surface area (Å²) in [7, 11) is 0. The van der Waals surface area contributed by atoms with Gasteiger partial charge in [0.1, 0.15) is 5.76 Å². The summed E-state index contributed by atoms with van der Waals surface area (Å²) in [6.45, 7) is 10.3. The maximum atomic E-state index is 5.52. The number of hydrogen-bond donors (Lipinski definition) is 2. The van der Waals surface area contributed by atoms with Gasteiger partial charge in [0.05, 0.1) is 12.2 Å². The number of aryl methyl sites for hydroxylation is 2. The molecule has 0 aromatic carbocycles. The fraction of sp³-hybridized carbons (Fsp3) is 0.778. The number of thioether (sulfide) groups is 1. The third-order valence-corrected chi connectivity index (χ3v) is 6.18. The van der Waals surface area contributed by atoms with Gasteiger partial charge in [-0.15, -0.1) is 24.0 Å². The van der Waals surface area contributed by atoms with E-state index in [1.54, 1.807) is 0 Å². The van der Waals surface area contributed by atoms with Crippen LogP contribution in [0, 0.1) is 0 Å². The summed E-state index contributed by atoms with van der Waals surface area (Å²) < 4.78 is 11.2. The van der Waals surface area contributed by atoms with Crippen LogP contribution in [0.1, 0.15) is 50.6 Å². The first-order valence-corrected chi connectivity index (χ1v) is 10.5. The van der Waals surface area contributed by atoms with Crippen molar-refractivity contribution in [1.82, 2.24) is 15.8 Å². The Morgan fingerprint density at radius 3 is 2.50 bits per heavy atom. The maximum absolute atomic E-state index is 5.52. The molecular formula is C18H33IN4O2S. The van der Waals surface area contributed by atoms with Crippen LogP contribution in [0.5, 0.6) is 0 Å². The quantitative estimate of drug-likeness (QED) is 0.327. The molecule has 1 aromatic heterocycles. The number of nitrogens with one attached hydrogen (secondary N) is 2. The number of aliphatic imine (C=N–C) groups is 1. The Morgan fingerprint density at radius 1 is 1.19 bits per heavy atom. The lowest BCUT2D eigenvalue weighted by Crippen LogP contribution is -2.47. The average molecular weight is 496 g/mol. The van der Waals surface area contributed by atoms with E-state index in [4.69, 9.17) is 14.3 Å². The fourth-order valence-electron chi connectivity index (χ4n) is 3.06. The molecule has 26 heavy (non-hydrogen) atoms. The first kappa shape index (κ1) is 23.6. The molecule has 150 valence electrons. The van der Waals surface area contributed by atoms with Crippen molar-refractivity contribution in [3.8, 4) is 0 Å². The molecule has 1 saturated heterocycles. The highest BCUT2D eigenvalue weighted by molar-refractivity contribution is 14.0. The Morgan fingerprint density at radius 2 is 1.92 bits per heavy atom. The molecule has 2 heterocycles. The zero-order valence-corrected chi connectivity index (χ0v) is 19.5. The van der Waals surface area contributed by atoms with Crippen LogP contribution in [-0.4, -0.2) is 48.4 Å². The Labute approximate surface area is 178 Å². The molecule has 0 spiro atoms. The second-order valence-electron chi connectivity index (χ2n) is 6.29. The van der Waals surface area contributed by atoms with Gasteiger partial charge in [-0.3, -0.25) is 0 Å². The molecule has 2 N–H and O–H groups in total. The first-order valence-electron chi connectivity index (χ1n) is 9.29. The lowest BCUT2D eigenvalue weighted by molar-refractivity contribution is 0.0783. The van der Waals surface area contributed by atoms with Gasteiger partial charge in [-0.1, -0.05) is 19.0 Å². The van der Waals surface area contributed by atoms with E-state index in [9.17, 15) is 0 Å². The van der Waals surface area contributed by atoms with Crippen LogP contribution in [-0.2, 0) is 24.1 Å². The Kier molecular flexibility index (Phi) is 10.9. The normalized spacial score (nSPS) is 16.8. The van der Waals surface area contributed by atoms with Crippen LogP contribution in [0.15, 0.2) is 9.52 Å². The lowest BCUT2D eigenvalue weighted by atomic mass is 9.99. The molecule has 8 heteroatoms. The standard InChI is InChI=1S/C18H32N4O2S.HI/c1-5-15-14(16(6-2)24-22-15)12-20-17(19-7-3)21-13-18(25-4)8-10-23-11-9-18;/h5-13H2,1-4H3,(H2,19,20,21);1H. The van der Waals surface area contributed by atoms with Gasteiger partial charge in [0, 0.05) is 43.0 Å². The van der Waals surface area contributed by atoms with Crippen LogP contribution in [0.3, 0.4) is 0 Å². The van der Waals surface area contributed by atoms with Gasteiger partial charge in [-0.2, -0.15) is 11.8 Å². The van der Waals surface area contributed by atoms with E-state index in [0.717, 1.165) is 75.0 Å². The summed E-state index contributed by atoms with van der Waals surface area (Å²) in [5.41, 5.74) is 2.15. The van der Waals surface area contributed by atoms with E-state index in [0.29, 0.717) is 6.54 Å². The number of rotatable bonds is 8. The minimum absolute atomic E-state index is 0. The monoisotopic (exact) mass is 496 g/mol. The zero-order chi connectivity index (χ0) is 18.1. The molecule has 0 amide bonds. The molecule has 2 rings (SSSR count). The van der Waals surface area contributed by atoms with E-state index in [-0.39, 0.29) is 28.7 Å². The lowest BCUT2D eigenvalue weighted by Gasteiger charge is -2.36. The van der Waals surface area contributed by atoms with Crippen molar-refractivity contribution in [1.29, 1.82) is 0 Å². The molecule has 0 atom stereocenters. The zero-order valence-electron chi connectivity index (χ0n) is 16.4. The maximum Gasteiger partial charge on any atom is 0.191 e. The summed E-state index contributed by atoms with van der Waals surface area (Å²) in [5, 5.41) is 11.1. The molecule has 1 fully saturated rings. The predicted octanol–water partition coefficient (Wildman–Crippen LogP) is 3.38. The van der Waals surface area contributed by atoms with Gasteiger partial charge in [0.2, 0.25) is 0 Å². The van der Waals surface area contributed by atoms with Crippen LogP contribution in [0.25, 0.3) is 0 Å². The van der Waals surface area contributed by atoms with Crippen LogP contribution in [0.4, 0.5) is 0 Å². The molecule has 1 aromatic rings. The van der Waals surface area contributed by atoms with Crippen LogP contribution in [0.2, 0.25) is 0 Å². The number of halogens is 1. The molecule has 1 aliphatic heterocycles. The summed E-state index contributed by atoms with van der Waals surface area (Å²) in [6, 6.07) is 0. The van der Waals surface area contributed by atoms with Crippen molar-refractivity contribution in [2.45, 2.75) is 57.7 Å². The molecule has 0 radical (unpaired) electrons. The number of aromatic nitrogens is 1. The highest BCUT2D eigenvalue weighted by Crippen LogP contribution is 2.32. The third-order valence-electron chi connectivity index (χ3n) is 4.76. The van der Waals surface area contributed by atoms with Crippen molar-refractivity contribution in [2.75, 3.05) is 32.6 Å². The predicted molar refractivity (Wildman–Crippen MR) is 120 cm³/mol. The second kappa shape index (κ2) is 12.1. The van der Waals surface area contributed by atoms with E-state index in [1.165, 1.54) is 0 Å². The highest BCUT2D eigenvalue weighted by atomic mass is 127. The van der Waals surface area contributed by atoms with E-state index >= 15 is 0 Å². The van der Waals surface area contributed by atoms with Gasteiger partial charge in [-0.05, 0) is 32.4 Å². The third kappa shape index (κ3) is 6.30. The van der Waals surface area contributed by atoms with Crippen molar-refractivity contribution in [3.05, 3.63) is 17.0 Å². The second-order valence-corrected chi connectivity index (χ2v) is 7.56. The Hall–Kier alpha value is -0.480. The molecule has 1 aliphatic rings.